The number of anilines is 1. The van der Waals surface area contributed by atoms with Gasteiger partial charge in [-0.25, -0.2) is 15.0 Å². The largest absolute Gasteiger partial charge is 0.383 e. The van der Waals surface area contributed by atoms with Gasteiger partial charge in [0.05, 0.1) is 5.52 Å². The van der Waals surface area contributed by atoms with Crippen LogP contribution in [0.2, 0.25) is 5.15 Å². The maximum atomic E-state index is 6.29. The number of imidazole rings is 1. The van der Waals surface area contributed by atoms with Crippen molar-refractivity contribution in [1.29, 1.82) is 0 Å². The van der Waals surface area contributed by atoms with Crippen molar-refractivity contribution < 1.29 is 0 Å². The molecule has 5 nitrogen and oxygen atoms in total. The quantitative estimate of drug-likeness (QED) is 0.720. The van der Waals surface area contributed by atoms with Crippen LogP contribution in [0.1, 0.15) is 26.6 Å². The van der Waals surface area contributed by atoms with Gasteiger partial charge in [0.2, 0.25) is 0 Å². The van der Waals surface area contributed by atoms with E-state index in [1.165, 1.54) is 6.33 Å². The van der Waals surface area contributed by atoms with Gasteiger partial charge in [0, 0.05) is 16.4 Å². The Kier molecular flexibility index (Phi) is 3.10. The second kappa shape index (κ2) is 4.70. The lowest BCUT2D eigenvalue weighted by molar-refractivity contribution is 0.553. The van der Waals surface area contributed by atoms with E-state index in [-0.39, 0.29) is 5.41 Å². The first-order valence-corrected chi connectivity index (χ1v) is 7.00. The van der Waals surface area contributed by atoms with E-state index in [2.05, 4.69) is 40.7 Å². The number of benzene rings is 1. The molecule has 1 aromatic carbocycles. The van der Waals surface area contributed by atoms with E-state index in [0.29, 0.717) is 11.0 Å². The minimum atomic E-state index is -0.0919. The van der Waals surface area contributed by atoms with Crippen molar-refractivity contribution in [3.05, 3.63) is 35.5 Å². The standard InChI is InChI=1S/C15H16ClN5/c1-15(2,3)14-20-11(12(16)21-14)8-4-5-9-10(6-8)18-7-19-13(9)17/h4-7H,1-3H3,(H,20,21)(H2,17,18,19). The molecule has 0 unspecified atom stereocenters. The Bertz CT molecular complexity index is 817. The Morgan fingerprint density at radius 3 is 2.62 bits per heavy atom. The van der Waals surface area contributed by atoms with Crippen LogP contribution in [0.5, 0.6) is 0 Å². The predicted molar refractivity (Wildman–Crippen MR) is 85.2 cm³/mol. The molecular formula is C15H16ClN5. The summed E-state index contributed by atoms with van der Waals surface area (Å²) in [5, 5.41) is 1.35. The summed E-state index contributed by atoms with van der Waals surface area (Å²) in [5.41, 5.74) is 8.14. The summed E-state index contributed by atoms with van der Waals surface area (Å²) in [6.45, 7) is 6.25. The highest BCUT2D eigenvalue weighted by atomic mass is 35.5. The van der Waals surface area contributed by atoms with E-state index in [1.54, 1.807) is 0 Å². The normalized spacial score (nSPS) is 12.0. The van der Waals surface area contributed by atoms with Gasteiger partial charge < -0.3 is 10.7 Å². The summed E-state index contributed by atoms with van der Waals surface area (Å²) in [6.07, 6.45) is 1.45. The number of fused-ring (bicyclic) bond motifs is 1. The van der Waals surface area contributed by atoms with Crippen molar-refractivity contribution in [3.8, 4) is 11.3 Å². The molecule has 108 valence electrons. The lowest BCUT2D eigenvalue weighted by Gasteiger charge is -2.13. The molecule has 0 saturated carbocycles. The van der Waals surface area contributed by atoms with E-state index in [9.17, 15) is 0 Å². The number of nitrogen functional groups attached to an aromatic ring is 1. The molecular weight excluding hydrogens is 286 g/mol. The van der Waals surface area contributed by atoms with Crippen LogP contribution in [-0.2, 0) is 5.41 Å². The number of rotatable bonds is 1. The van der Waals surface area contributed by atoms with Crippen LogP contribution < -0.4 is 5.73 Å². The molecule has 0 fully saturated rings. The zero-order valence-electron chi connectivity index (χ0n) is 12.1. The fourth-order valence-electron chi connectivity index (χ4n) is 2.12. The van der Waals surface area contributed by atoms with Gasteiger partial charge in [-0.05, 0) is 12.1 Å². The third-order valence-corrected chi connectivity index (χ3v) is 3.58. The molecule has 0 atom stereocenters. The lowest BCUT2D eigenvalue weighted by atomic mass is 9.96. The summed E-state index contributed by atoms with van der Waals surface area (Å²) in [5.74, 6) is 1.32. The molecule has 0 amide bonds. The fraction of sp³-hybridized carbons (Fsp3) is 0.267. The SMILES string of the molecule is CC(C)(C)c1nc(-c2ccc3c(N)ncnc3c2)c(Cl)[nH]1. The minimum Gasteiger partial charge on any atom is -0.383 e. The van der Waals surface area contributed by atoms with Gasteiger partial charge in [0.1, 0.15) is 28.8 Å². The maximum Gasteiger partial charge on any atom is 0.134 e. The monoisotopic (exact) mass is 301 g/mol. The third-order valence-electron chi connectivity index (χ3n) is 3.31. The Labute approximate surface area is 127 Å². The Hall–Kier alpha value is -2.14. The van der Waals surface area contributed by atoms with Crippen LogP contribution in [-0.4, -0.2) is 19.9 Å². The number of H-pyrrole nitrogens is 1. The zero-order valence-corrected chi connectivity index (χ0v) is 12.9. The van der Waals surface area contributed by atoms with E-state index in [1.807, 2.05) is 18.2 Å². The number of aromatic amines is 1. The smallest absolute Gasteiger partial charge is 0.134 e. The van der Waals surface area contributed by atoms with Crippen LogP contribution in [0.25, 0.3) is 22.2 Å². The molecule has 21 heavy (non-hydrogen) atoms. The average molecular weight is 302 g/mol. The molecule has 3 N–H and O–H groups in total. The summed E-state index contributed by atoms with van der Waals surface area (Å²) in [4.78, 5) is 16.0. The van der Waals surface area contributed by atoms with Crippen LogP contribution in [0.4, 0.5) is 5.82 Å². The first-order valence-electron chi connectivity index (χ1n) is 6.63. The molecule has 2 heterocycles. The number of hydrogen-bond donors (Lipinski definition) is 2. The van der Waals surface area contributed by atoms with E-state index >= 15 is 0 Å². The average Bonchev–Trinajstić information content (AvgIpc) is 2.81. The van der Waals surface area contributed by atoms with E-state index in [4.69, 9.17) is 17.3 Å². The minimum absolute atomic E-state index is 0.0919. The number of nitrogens with one attached hydrogen (secondary N) is 1. The summed E-state index contributed by atoms with van der Waals surface area (Å²) < 4.78 is 0. The number of aromatic nitrogens is 4. The number of nitrogens with two attached hydrogens (primary N) is 1. The topological polar surface area (TPSA) is 80.5 Å². The number of nitrogens with zero attached hydrogens (tertiary/aromatic N) is 3. The summed E-state index contributed by atoms with van der Waals surface area (Å²) >= 11 is 6.29. The first-order chi connectivity index (χ1) is 9.86. The molecule has 0 spiro atoms. The Balaban J connectivity index is 2.15. The highest BCUT2D eigenvalue weighted by molar-refractivity contribution is 6.32. The molecule has 6 heteroatoms. The van der Waals surface area contributed by atoms with Crippen LogP contribution >= 0.6 is 11.6 Å². The zero-order chi connectivity index (χ0) is 15.2. The third kappa shape index (κ3) is 2.45. The number of hydrogen-bond acceptors (Lipinski definition) is 4. The van der Waals surface area contributed by atoms with Crippen LogP contribution in [0.15, 0.2) is 24.5 Å². The molecule has 0 radical (unpaired) electrons. The van der Waals surface area contributed by atoms with Crippen molar-refractivity contribution in [2.75, 3.05) is 5.73 Å². The van der Waals surface area contributed by atoms with Crippen LogP contribution in [0.3, 0.4) is 0 Å². The highest BCUT2D eigenvalue weighted by Crippen LogP contribution is 2.31. The van der Waals surface area contributed by atoms with E-state index < -0.39 is 0 Å². The van der Waals surface area contributed by atoms with Crippen molar-refractivity contribution in [3.63, 3.8) is 0 Å². The van der Waals surface area contributed by atoms with Gasteiger partial charge in [0.15, 0.2) is 0 Å². The van der Waals surface area contributed by atoms with Gasteiger partial charge in [-0.1, -0.05) is 38.4 Å². The van der Waals surface area contributed by atoms with Gasteiger partial charge in [-0.2, -0.15) is 0 Å². The molecule has 2 aromatic heterocycles. The van der Waals surface area contributed by atoms with Crippen molar-refractivity contribution in [2.24, 2.45) is 0 Å². The van der Waals surface area contributed by atoms with Crippen LogP contribution in [0, 0.1) is 0 Å². The molecule has 3 aromatic rings. The highest BCUT2D eigenvalue weighted by Gasteiger charge is 2.21. The second-order valence-corrected chi connectivity index (χ2v) is 6.37. The lowest BCUT2D eigenvalue weighted by Crippen LogP contribution is -2.13. The Morgan fingerprint density at radius 1 is 1.19 bits per heavy atom. The van der Waals surface area contributed by atoms with Crippen molar-refractivity contribution in [2.45, 2.75) is 26.2 Å². The second-order valence-electron chi connectivity index (χ2n) is 5.99. The fourth-order valence-corrected chi connectivity index (χ4v) is 2.36. The Morgan fingerprint density at radius 2 is 1.95 bits per heavy atom. The summed E-state index contributed by atoms with van der Waals surface area (Å²) in [6, 6.07) is 5.74. The molecule has 0 aliphatic heterocycles. The predicted octanol–water partition coefficient (Wildman–Crippen LogP) is 3.55. The molecule has 0 aliphatic rings. The summed E-state index contributed by atoms with van der Waals surface area (Å²) in [7, 11) is 0. The van der Waals surface area contributed by atoms with Crippen molar-refractivity contribution >= 4 is 28.3 Å². The van der Waals surface area contributed by atoms with Gasteiger partial charge in [-0.3, -0.25) is 0 Å². The molecule has 0 saturated heterocycles. The first kappa shape index (κ1) is 13.8. The van der Waals surface area contributed by atoms with E-state index in [0.717, 1.165) is 28.0 Å². The maximum absolute atomic E-state index is 6.29. The number of halogens is 1. The van der Waals surface area contributed by atoms with Gasteiger partial charge in [-0.15, -0.1) is 0 Å². The van der Waals surface area contributed by atoms with Gasteiger partial charge >= 0.3 is 0 Å². The molecule has 0 aliphatic carbocycles. The molecule has 0 bridgehead atoms. The van der Waals surface area contributed by atoms with Crippen molar-refractivity contribution in [1.82, 2.24) is 19.9 Å². The van der Waals surface area contributed by atoms with Gasteiger partial charge in [0.25, 0.3) is 0 Å². The molecule has 3 rings (SSSR count).